The summed E-state index contributed by atoms with van der Waals surface area (Å²) >= 11 is 0. The van der Waals surface area contributed by atoms with Crippen molar-refractivity contribution in [2.75, 3.05) is 18.0 Å². The van der Waals surface area contributed by atoms with Gasteiger partial charge in [-0.25, -0.2) is 4.39 Å². The molecule has 92 valence electrons. The van der Waals surface area contributed by atoms with Crippen LogP contribution in [0.1, 0.15) is 19.8 Å². The maximum atomic E-state index is 13.6. The van der Waals surface area contributed by atoms with Crippen molar-refractivity contribution < 1.29 is 9.18 Å². The van der Waals surface area contributed by atoms with Crippen LogP contribution in [0.4, 0.5) is 10.1 Å². The van der Waals surface area contributed by atoms with E-state index in [0.29, 0.717) is 12.2 Å². The molecule has 1 aliphatic heterocycles. The van der Waals surface area contributed by atoms with Crippen LogP contribution in [0.15, 0.2) is 24.3 Å². The molecule has 0 aromatic heterocycles. The number of hydrogen-bond acceptors (Lipinski definition) is 2. The van der Waals surface area contributed by atoms with Gasteiger partial charge in [-0.1, -0.05) is 12.1 Å². The van der Waals surface area contributed by atoms with Crippen molar-refractivity contribution >= 4 is 11.6 Å². The fourth-order valence-electron chi connectivity index (χ4n) is 2.31. The lowest BCUT2D eigenvalue weighted by atomic mass is 10.0. The van der Waals surface area contributed by atoms with Crippen molar-refractivity contribution in [2.24, 2.45) is 0 Å². The third-order valence-electron chi connectivity index (χ3n) is 3.02. The van der Waals surface area contributed by atoms with E-state index in [1.165, 1.54) is 13.0 Å². The lowest BCUT2D eigenvalue weighted by molar-refractivity contribution is -0.119. The van der Waals surface area contributed by atoms with E-state index in [1.807, 2.05) is 11.0 Å². The molecular formula is C13H17FN2O. The van der Waals surface area contributed by atoms with Gasteiger partial charge in [0.1, 0.15) is 5.82 Å². The van der Waals surface area contributed by atoms with Gasteiger partial charge in [0.05, 0.1) is 5.69 Å². The number of carbonyl (C=O) groups is 1. The average molecular weight is 236 g/mol. The van der Waals surface area contributed by atoms with Crippen molar-refractivity contribution in [1.29, 1.82) is 0 Å². The molecule has 1 aromatic carbocycles. The van der Waals surface area contributed by atoms with Gasteiger partial charge >= 0.3 is 0 Å². The van der Waals surface area contributed by atoms with Crippen LogP contribution < -0.4 is 10.2 Å². The normalized spacial score (nSPS) is 20.1. The Balaban J connectivity index is 2.07. The minimum atomic E-state index is -0.198. The van der Waals surface area contributed by atoms with Gasteiger partial charge in [-0.15, -0.1) is 0 Å². The number of nitrogens with one attached hydrogen (secondary N) is 1. The molecule has 1 aromatic rings. The van der Waals surface area contributed by atoms with Crippen molar-refractivity contribution in [3.8, 4) is 0 Å². The summed E-state index contributed by atoms with van der Waals surface area (Å²) in [4.78, 5) is 13.0. The van der Waals surface area contributed by atoms with Crippen LogP contribution in [0.2, 0.25) is 0 Å². The molecule has 1 aliphatic rings. The highest BCUT2D eigenvalue weighted by molar-refractivity contribution is 5.73. The minimum absolute atomic E-state index is 0.0228. The topological polar surface area (TPSA) is 32.3 Å². The Morgan fingerprint density at radius 2 is 2.24 bits per heavy atom. The SMILES string of the molecule is CC(=O)NC1CCCN(c2ccccc2F)C1. The van der Waals surface area contributed by atoms with E-state index in [1.54, 1.807) is 12.1 Å². The van der Waals surface area contributed by atoms with Crippen LogP contribution >= 0.6 is 0 Å². The van der Waals surface area contributed by atoms with Gasteiger partial charge in [-0.3, -0.25) is 4.79 Å². The minimum Gasteiger partial charge on any atom is -0.367 e. The van der Waals surface area contributed by atoms with Crippen LogP contribution in [0.3, 0.4) is 0 Å². The second-order valence-electron chi connectivity index (χ2n) is 4.44. The largest absolute Gasteiger partial charge is 0.367 e. The van der Waals surface area contributed by atoms with Crippen LogP contribution in [0, 0.1) is 5.82 Å². The number of benzene rings is 1. The monoisotopic (exact) mass is 236 g/mol. The average Bonchev–Trinajstić information content (AvgIpc) is 2.29. The maximum absolute atomic E-state index is 13.6. The number of amides is 1. The highest BCUT2D eigenvalue weighted by Crippen LogP contribution is 2.22. The molecule has 0 spiro atoms. The third-order valence-corrected chi connectivity index (χ3v) is 3.02. The first-order chi connectivity index (χ1) is 8.16. The molecule has 0 saturated carbocycles. The summed E-state index contributed by atoms with van der Waals surface area (Å²) < 4.78 is 13.6. The predicted molar refractivity (Wildman–Crippen MR) is 65.5 cm³/mol. The Morgan fingerprint density at radius 3 is 2.94 bits per heavy atom. The molecule has 1 heterocycles. The number of carbonyl (C=O) groups excluding carboxylic acids is 1. The van der Waals surface area contributed by atoms with Gasteiger partial charge in [0.2, 0.25) is 5.91 Å². The maximum Gasteiger partial charge on any atom is 0.217 e. The van der Waals surface area contributed by atoms with Gasteiger partial charge in [-0.05, 0) is 25.0 Å². The Labute approximate surface area is 101 Å². The molecule has 1 N–H and O–H groups in total. The van der Waals surface area contributed by atoms with E-state index in [4.69, 9.17) is 0 Å². The zero-order valence-corrected chi connectivity index (χ0v) is 9.95. The molecule has 17 heavy (non-hydrogen) atoms. The van der Waals surface area contributed by atoms with E-state index >= 15 is 0 Å². The summed E-state index contributed by atoms with van der Waals surface area (Å²) in [6, 6.07) is 6.90. The molecule has 1 saturated heterocycles. The standard InChI is InChI=1S/C13H17FN2O/c1-10(17)15-11-5-4-8-16(9-11)13-7-3-2-6-12(13)14/h2-3,6-7,11H,4-5,8-9H2,1H3,(H,15,17). The third kappa shape index (κ3) is 2.96. The lowest BCUT2D eigenvalue weighted by Gasteiger charge is -2.34. The Kier molecular flexibility index (Phi) is 3.61. The lowest BCUT2D eigenvalue weighted by Crippen LogP contribution is -2.47. The van der Waals surface area contributed by atoms with E-state index in [9.17, 15) is 9.18 Å². The first-order valence-corrected chi connectivity index (χ1v) is 5.93. The molecule has 2 rings (SSSR count). The number of hydrogen-bond donors (Lipinski definition) is 1. The van der Waals surface area contributed by atoms with Crippen LogP contribution in [0.5, 0.6) is 0 Å². The Hall–Kier alpha value is -1.58. The van der Waals surface area contributed by atoms with Gasteiger partial charge in [0, 0.05) is 26.1 Å². The van der Waals surface area contributed by atoms with Crippen LogP contribution in [-0.4, -0.2) is 25.0 Å². The zero-order valence-electron chi connectivity index (χ0n) is 9.95. The first kappa shape index (κ1) is 11.9. The number of halogens is 1. The molecule has 4 heteroatoms. The second kappa shape index (κ2) is 5.17. The molecule has 0 aliphatic carbocycles. The summed E-state index contributed by atoms with van der Waals surface area (Å²) in [5.41, 5.74) is 0.627. The molecule has 1 amide bonds. The quantitative estimate of drug-likeness (QED) is 0.851. The molecule has 0 bridgehead atoms. The second-order valence-corrected chi connectivity index (χ2v) is 4.44. The highest BCUT2D eigenvalue weighted by atomic mass is 19.1. The molecular weight excluding hydrogens is 219 g/mol. The fourth-order valence-corrected chi connectivity index (χ4v) is 2.31. The number of para-hydroxylation sites is 1. The summed E-state index contributed by atoms with van der Waals surface area (Å²) in [7, 11) is 0. The van der Waals surface area contributed by atoms with Gasteiger partial charge in [0.25, 0.3) is 0 Å². The number of piperidine rings is 1. The van der Waals surface area contributed by atoms with Gasteiger partial charge in [-0.2, -0.15) is 0 Å². The number of anilines is 1. The summed E-state index contributed by atoms with van der Waals surface area (Å²) in [6.07, 6.45) is 1.93. The zero-order chi connectivity index (χ0) is 12.3. The molecule has 1 fully saturated rings. The number of rotatable bonds is 2. The van der Waals surface area contributed by atoms with Crippen molar-refractivity contribution in [3.05, 3.63) is 30.1 Å². The van der Waals surface area contributed by atoms with E-state index in [2.05, 4.69) is 5.32 Å². The smallest absolute Gasteiger partial charge is 0.217 e. The molecule has 3 nitrogen and oxygen atoms in total. The van der Waals surface area contributed by atoms with E-state index < -0.39 is 0 Å². The first-order valence-electron chi connectivity index (χ1n) is 5.93. The summed E-state index contributed by atoms with van der Waals surface area (Å²) in [6.45, 7) is 3.04. The van der Waals surface area contributed by atoms with E-state index in [0.717, 1.165) is 19.4 Å². The fraction of sp³-hybridized carbons (Fsp3) is 0.462. The Bertz CT molecular complexity index is 408. The van der Waals surface area contributed by atoms with Gasteiger partial charge < -0.3 is 10.2 Å². The van der Waals surface area contributed by atoms with Crippen LogP contribution in [0.25, 0.3) is 0 Å². The van der Waals surface area contributed by atoms with Crippen molar-refractivity contribution in [2.45, 2.75) is 25.8 Å². The van der Waals surface area contributed by atoms with Gasteiger partial charge in [0.15, 0.2) is 0 Å². The van der Waals surface area contributed by atoms with Crippen LogP contribution in [-0.2, 0) is 4.79 Å². The molecule has 1 atom stereocenters. The number of nitrogens with zero attached hydrogens (tertiary/aromatic N) is 1. The highest BCUT2D eigenvalue weighted by Gasteiger charge is 2.22. The predicted octanol–water partition coefficient (Wildman–Crippen LogP) is 1.93. The van der Waals surface area contributed by atoms with Crippen molar-refractivity contribution in [3.63, 3.8) is 0 Å². The molecule has 0 radical (unpaired) electrons. The summed E-state index contributed by atoms with van der Waals surface area (Å²) in [5, 5.41) is 2.90. The van der Waals surface area contributed by atoms with E-state index in [-0.39, 0.29) is 17.8 Å². The summed E-state index contributed by atoms with van der Waals surface area (Å²) in [5.74, 6) is -0.221. The Morgan fingerprint density at radius 1 is 1.47 bits per heavy atom. The molecule has 1 unspecified atom stereocenters. The van der Waals surface area contributed by atoms with Crippen molar-refractivity contribution in [1.82, 2.24) is 5.32 Å².